The van der Waals surface area contributed by atoms with Crippen molar-refractivity contribution in [2.45, 2.75) is 20.8 Å². The van der Waals surface area contributed by atoms with E-state index in [1.165, 1.54) is 29.2 Å². The van der Waals surface area contributed by atoms with Crippen LogP contribution in [0.5, 0.6) is 5.75 Å². The van der Waals surface area contributed by atoms with E-state index in [2.05, 4.69) is 0 Å². The van der Waals surface area contributed by atoms with Gasteiger partial charge in [0.15, 0.2) is 0 Å². The molecule has 0 aromatic heterocycles. The van der Waals surface area contributed by atoms with Gasteiger partial charge in [0.05, 0.1) is 0 Å². The smallest absolute Gasteiger partial charge is 0.325 e. The van der Waals surface area contributed by atoms with E-state index < -0.39 is 12.5 Å². The van der Waals surface area contributed by atoms with E-state index in [4.69, 9.17) is 5.11 Å². The summed E-state index contributed by atoms with van der Waals surface area (Å²) in [6, 6.07) is 5.56. The van der Waals surface area contributed by atoms with Crippen LogP contribution in [0.25, 0.3) is 0 Å². The van der Waals surface area contributed by atoms with E-state index in [1.807, 2.05) is 20.8 Å². The fraction of sp³-hybridized carbons (Fsp3) is 0.467. The number of carboxylic acids is 1. The number of hydrogen-bond donors (Lipinski definition) is 2. The zero-order valence-electron chi connectivity index (χ0n) is 12.6. The van der Waals surface area contributed by atoms with E-state index >= 15 is 0 Å². The maximum Gasteiger partial charge on any atom is 0.325 e. The Morgan fingerprint density at radius 2 is 1.76 bits per heavy atom. The number of phenolic OH excluding ortho intramolecular Hbond substituents is 1. The van der Waals surface area contributed by atoms with Crippen LogP contribution >= 0.6 is 0 Å². The van der Waals surface area contributed by atoms with Gasteiger partial charge in [0.1, 0.15) is 12.3 Å². The van der Waals surface area contributed by atoms with Gasteiger partial charge in [-0.1, -0.05) is 13.8 Å². The van der Waals surface area contributed by atoms with Crippen molar-refractivity contribution in [1.29, 1.82) is 0 Å². The van der Waals surface area contributed by atoms with Gasteiger partial charge in [0.2, 0.25) is 0 Å². The van der Waals surface area contributed by atoms with Gasteiger partial charge in [-0.05, 0) is 37.1 Å². The fourth-order valence-corrected chi connectivity index (χ4v) is 1.99. The van der Waals surface area contributed by atoms with Gasteiger partial charge >= 0.3 is 12.0 Å². The predicted octanol–water partition coefficient (Wildman–Crippen LogP) is 2.38. The average molecular weight is 294 g/mol. The minimum atomic E-state index is -1.09. The molecule has 116 valence electrons. The highest BCUT2D eigenvalue weighted by Gasteiger charge is 2.24. The molecule has 1 aromatic carbocycles. The Morgan fingerprint density at radius 1 is 1.19 bits per heavy atom. The van der Waals surface area contributed by atoms with E-state index in [0.717, 1.165) is 0 Å². The molecule has 6 heteroatoms. The first kappa shape index (κ1) is 16.8. The second kappa shape index (κ2) is 7.52. The Morgan fingerprint density at radius 3 is 2.19 bits per heavy atom. The Hall–Kier alpha value is -2.24. The predicted molar refractivity (Wildman–Crippen MR) is 80.6 cm³/mol. The number of carbonyl (C=O) groups is 2. The van der Waals surface area contributed by atoms with Gasteiger partial charge in [0, 0.05) is 18.8 Å². The van der Waals surface area contributed by atoms with E-state index in [9.17, 15) is 14.7 Å². The monoisotopic (exact) mass is 294 g/mol. The standard InChI is InChI=1S/C15H22N2O4/c1-4-16(9-11(2)3)15(21)17(10-14(19)20)12-5-7-13(18)8-6-12/h5-8,11,18H,4,9-10H2,1-3H3,(H,19,20). The molecule has 0 radical (unpaired) electrons. The van der Waals surface area contributed by atoms with Crippen molar-refractivity contribution in [3.8, 4) is 5.75 Å². The third kappa shape index (κ3) is 4.98. The molecule has 0 saturated carbocycles. The maximum atomic E-state index is 12.6. The first-order chi connectivity index (χ1) is 9.85. The fourth-order valence-electron chi connectivity index (χ4n) is 1.99. The van der Waals surface area contributed by atoms with Gasteiger partial charge in [0.25, 0.3) is 0 Å². The summed E-state index contributed by atoms with van der Waals surface area (Å²) in [5.41, 5.74) is 0.447. The van der Waals surface area contributed by atoms with Crippen LogP contribution in [0, 0.1) is 5.92 Å². The molecule has 21 heavy (non-hydrogen) atoms. The number of urea groups is 1. The van der Waals surface area contributed by atoms with Crippen molar-refractivity contribution in [2.75, 3.05) is 24.5 Å². The summed E-state index contributed by atoms with van der Waals surface area (Å²) >= 11 is 0. The molecule has 0 aliphatic rings. The summed E-state index contributed by atoms with van der Waals surface area (Å²) in [4.78, 5) is 26.4. The van der Waals surface area contributed by atoms with E-state index in [1.54, 1.807) is 4.90 Å². The first-order valence-corrected chi connectivity index (χ1v) is 6.92. The van der Waals surface area contributed by atoms with Crippen LogP contribution in [0.15, 0.2) is 24.3 Å². The molecule has 1 rings (SSSR count). The van der Waals surface area contributed by atoms with Gasteiger partial charge in [-0.2, -0.15) is 0 Å². The molecule has 0 spiro atoms. The molecule has 0 atom stereocenters. The molecular formula is C15H22N2O4. The SMILES string of the molecule is CCN(CC(C)C)C(=O)N(CC(=O)O)c1ccc(O)cc1. The lowest BCUT2D eigenvalue weighted by Gasteiger charge is -2.30. The molecule has 2 amide bonds. The maximum absolute atomic E-state index is 12.6. The Kier molecular flexibility index (Phi) is 6.02. The van der Waals surface area contributed by atoms with Crippen LogP contribution in [0.2, 0.25) is 0 Å². The van der Waals surface area contributed by atoms with Crippen molar-refractivity contribution in [2.24, 2.45) is 5.92 Å². The quantitative estimate of drug-likeness (QED) is 0.844. The molecule has 1 aromatic rings. The number of amides is 2. The largest absolute Gasteiger partial charge is 0.508 e. The normalized spacial score (nSPS) is 10.5. The number of carbonyl (C=O) groups excluding carboxylic acids is 1. The van der Waals surface area contributed by atoms with Crippen molar-refractivity contribution < 1.29 is 19.8 Å². The summed E-state index contributed by atoms with van der Waals surface area (Å²) < 4.78 is 0. The number of phenols is 1. The molecule has 0 heterocycles. The number of benzene rings is 1. The molecular weight excluding hydrogens is 272 g/mol. The van der Waals surface area contributed by atoms with Crippen molar-refractivity contribution in [1.82, 2.24) is 4.90 Å². The number of aromatic hydroxyl groups is 1. The number of hydrogen-bond acceptors (Lipinski definition) is 3. The summed E-state index contributed by atoms with van der Waals surface area (Å²) in [5.74, 6) is -0.728. The Labute approximate surface area is 124 Å². The first-order valence-electron chi connectivity index (χ1n) is 6.92. The highest BCUT2D eigenvalue weighted by atomic mass is 16.4. The molecule has 0 saturated heterocycles. The molecule has 0 aliphatic carbocycles. The topological polar surface area (TPSA) is 81.1 Å². The highest BCUT2D eigenvalue weighted by molar-refractivity contribution is 5.96. The van der Waals surface area contributed by atoms with Crippen molar-refractivity contribution >= 4 is 17.7 Å². The van der Waals surface area contributed by atoms with Gasteiger partial charge < -0.3 is 15.1 Å². The molecule has 0 unspecified atom stereocenters. The number of nitrogens with zero attached hydrogens (tertiary/aromatic N) is 2. The summed E-state index contributed by atoms with van der Waals surface area (Å²) in [7, 11) is 0. The third-order valence-corrected chi connectivity index (χ3v) is 2.92. The van der Waals surface area contributed by atoms with Gasteiger partial charge in [-0.3, -0.25) is 9.69 Å². The van der Waals surface area contributed by atoms with Crippen molar-refractivity contribution in [3.63, 3.8) is 0 Å². The zero-order valence-corrected chi connectivity index (χ0v) is 12.6. The van der Waals surface area contributed by atoms with Crippen LogP contribution in [-0.4, -0.2) is 46.7 Å². The molecule has 0 fully saturated rings. The van der Waals surface area contributed by atoms with Gasteiger partial charge in [-0.25, -0.2) is 4.79 Å². The number of carboxylic acid groups (broad SMARTS) is 1. The number of aliphatic carboxylic acids is 1. The zero-order chi connectivity index (χ0) is 16.0. The Bertz CT molecular complexity index is 485. The second-order valence-electron chi connectivity index (χ2n) is 5.21. The van der Waals surface area contributed by atoms with Crippen LogP contribution in [-0.2, 0) is 4.79 Å². The van der Waals surface area contributed by atoms with Crippen LogP contribution in [0.3, 0.4) is 0 Å². The van der Waals surface area contributed by atoms with Crippen LogP contribution in [0.4, 0.5) is 10.5 Å². The summed E-state index contributed by atoms with van der Waals surface area (Å²) in [6.07, 6.45) is 0. The van der Waals surface area contributed by atoms with Crippen LogP contribution < -0.4 is 4.90 Å². The number of anilines is 1. The van der Waals surface area contributed by atoms with Crippen LogP contribution in [0.1, 0.15) is 20.8 Å². The second-order valence-corrected chi connectivity index (χ2v) is 5.21. The highest BCUT2D eigenvalue weighted by Crippen LogP contribution is 2.20. The summed E-state index contributed by atoms with van der Waals surface area (Å²) in [6.45, 7) is 6.50. The minimum absolute atomic E-state index is 0.0657. The minimum Gasteiger partial charge on any atom is -0.508 e. The lowest BCUT2D eigenvalue weighted by Crippen LogP contribution is -2.46. The lowest BCUT2D eigenvalue weighted by molar-refractivity contribution is -0.135. The average Bonchev–Trinajstić information content (AvgIpc) is 2.42. The number of rotatable bonds is 6. The third-order valence-electron chi connectivity index (χ3n) is 2.92. The Balaban J connectivity index is 3.03. The lowest BCUT2D eigenvalue weighted by atomic mass is 10.2. The van der Waals surface area contributed by atoms with Gasteiger partial charge in [-0.15, -0.1) is 0 Å². The molecule has 2 N–H and O–H groups in total. The van der Waals surface area contributed by atoms with E-state index in [0.29, 0.717) is 24.7 Å². The van der Waals surface area contributed by atoms with Crippen molar-refractivity contribution in [3.05, 3.63) is 24.3 Å². The van der Waals surface area contributed by atoms with E-state index in [-0.39, 0.29) is 11.8 Å². The molecule has 0 aliphatic heterocycles. The summed E-state index contributed by atoms with van der Waals surface area (Å²) in [5, 5.41) is 18.3. The molecule has 0 bridgehead atoms. The molecule has 6 nitrogen and oxygen atoms in total.